The molecule has 9 heteroatoms. The SMILES string of the molecule is CCCCN1C(=O)N[C@@H](c2cccc(NC(=O)Nc3ccc(SC)cc3)c2)C(C(=O)OCC)=C1c1ccccc1. The highest BCUT2D eigenvalue weighted by Crippen LogP contribution is 2.37. The van der Waals surface area contributed by atoms with E-state index in [1.807, 2.05) is 66.9 Å². The fourth-order valence-electron chi connectivity index (χ4n) is 4.53. The molecule has 208 valence electrons. The summed E-state index contributed by atoms with van der Waals surface area (Å²) in [7, 11) is 0. The van der Waals surface area contributed by atoms with Gasteiger partial charge in [0.1, 0.15) is 0 Å². The third-order valence-electron chi connectivity index (χ3n) is 6.43. The van der Waals surface area contributed by atoms with Crippen molar-refractivity contribution in [3.8, 4) is 0 Å². The van der Waals surface area contributed by atoms with Gasteiger partial charge in [-0.25, -0.2) is 14.4 Å². The Hall–Kier alpha value is -4.24. The normalized spacial score (nSPS) is 14.9. The predicted octanol–water partition coefficient (Wildman–Crippen LogP) is 6.89. The highest BCUT2D eigenvalue weighted by Gasteiger charge is 2.38. The summed E-state index contributed by atoms with van der Waals surface area (Å²) in [6.07, 6.45) is 3.66. The molecule has 0 saturated carbocycles. The first-order valence-corrected chi connectivity index (χ1v) is 14.5. The summed E-state index contributed by atoms with van der Waals surface area (Å²) in [6, 6.07) is 22.6. The molecule has 0 bridgehead atoms. The van der Waals surface area contributed by atoms with E-state index in [1.165, 1.54) is 0 Å². The number of esters is 1. The van der Waals surface area contributed by atoms with E-state index in [9.17, 15) is 14.4 Å². The maximum absolute atomic E-state index is 13.5. The molecular weight excluding hydrogens is 524 g/mol. The van der Waals surface area contributed by atoms with Crippen LogP contribution in [-0.4, -0.2) is 42.3 Å². The van der Waals surface area contributed by atoms with Crippen LogP contribution in [0, 0.1) is 0 Å². The molecule has 0 aromatic heterocycles. The van der Waals surface area contributed by atoms with Gasteiger partial charge in [0.25, 0.3) is 0 Å². The van der Waals surface area contributed by atoms with Crippen molar-refractivity contribution in [3.63, 3.8) is 0 Å². The van der Waals surface area contributed by atoms with E-state index >= 15 is 0 Å². The van der Waals surface area contributed by atoms with Crippen molar-refractivity contribution in [3.05, 3.63) is 95.6 Å². The van der Waals surface area contributed by atoms with Crippen LogP contribution >= 0.6 is 11.8 Å². The zero-order chi connectivity index (χ0) is 28.5. The second-order valence-electron chi connectivity index (χ2n) is 9.17. The van der Waals surface area contributed by atoms with Gasteiger partial charge in [-0.15, -0.1) is 11.8 Å². The number of urea groups is 2. The van der Waals surface area contributed by atoms with Gasteiger partial charge < -0.3 is 20.7 Å². The summed E-state index contributed by atoms with van der Waals surface area (Å²) in [5.74, 6) is -0.502. The van der Waals surface area contributed by atoms with Gasteiger partial charge >= 0.3 is 18.0 Å². The first kappa shape index (κ1) is 28.8. The van der Waals surface area contributed by atoms with Crippen LogP contribution in [0.15, 0.2) is 89.3 Å². The van der Waals surface area contributed by atoms with E-state index < -0.39 is 18.0 Å². The lowest BCUT2D eigenvalue weighted by Gasteiger charge is -2.37. The number of rotatable bonds is 10. The number of amides is 4. The van der Waals surface area contributed by atoms with Crippen molar-refractivity contribution >= 4 is 46.9 Å². The van der Waals surface area contributed by atoms with Gasteiger partial charge in [-0.05, 0) is 67.1 Å². The number of ether oxygens (including phenoxy) is 1. The average Bonchev–Trinajstić information content (AvgIpc) is 2.97. The van der Waals surface area contributed by atoms with Gasteiger partial charge in [0.2, 0.25) is 0 Å². The molecule has 1 heterocycles. The molecule has 1 atom stereocenters. The second-order valence-corrected chi connectivity index (χ2v) is 10.0. The third-order valence-corrected chi connectivity index (χ3v) is 7.17. The van der Waals surface area contributed by atoms with Crippen molar-refractivity contribution < 1.29 is 19.1 Å². The lowest BCUT2D eigenvalue weighted by molar-refractivity contribution is -0.138. The molecule has 0 unspecified atom stereocenters. The van der Waals surface area contributed by atoms with Gasteiger partial charge in [-0.3, -0.25) is 4.90 Å². The van der Waals surface area contributed by atoms with Crippen LogP contribution in [-0.2, 0) is 9.53 Å². The standard InChI is InChI=1S/C31H34N4O4S/c1-4-6-19-35-28(21-11-8-7-9-12-21)26(29(36)39-5-2)27(34-31(35)38)22-13-10-14-24(20-22)33-30(37)32-23-15-17-25(40-3)18-16-23/h7-18,20,27H,4-6,19H2,1-3H3,(H,34,38)(H2,32,33,37)/t27-/m0/s1. The molecule has 0 saturated heterocycles. The Morgan fingerprint density at radius 3 is 2.35 bits per heavy atom. The van der Waals surface area contributed by atoms with E-state index in [0.717, 1.165) is 23.3 Å². The van der Waals surface area contributed by atoms with Gasteiger partial charge in [-0.1, -0.05) is 55.8 Å². The number of carbonyl (C=O) groups excluding carboxylic acids is 3. The highest BCUT2D eigenvalue weighted by atomic mass is 32.2. The number of anilines is 2. The molecule has 4 rings (SSSR count). The van der Waals surface area contributed by atoms with Gasteiger partial charge in [0.05, 0.1) is 23.9 Å². The maximum Gasteiger partial charge on any atom is 0.338 e. The van der Waals surface area contributed by atoms with Crippen LogP contribution in [0.1, 0.15) is 43.9 Å². The molecular formula is C31H34N4O4S. The number of hydrogen-bond acceptors (Lipinski definition) is 5. The number of benzene rings is 3. The number of hydrogen-bond donors (Lipinski definition) is 3. The summed E-state index contributed by atoms with van der Waals surface area (Å²) >= 11 is 1.62. The number of carbonyl (C=O) groups is 3. The Morgan fingerprint density at radius 2 is 1.68 bits per heavy atom. The molecule has 8 nitrogen and oxygen atoms in total. The van der Waals surface area contributed by atoms with Crippen LogP contribution in [0.4, 0.5) is 21.0 Å². The topological polar surface area (TPSA) is 99.8 Å². The quantitative estimate of drug-likeness (QED) is 0.186. The van der Waals surface area contributed by atoms with Crippen molar-refractivity contribution in [2.24, 2.45) is 0 Å². The molecule has 3 N–H and O–H groups in total. The summed E-state index contributed by atoms with van der Waals surface area (Å²) in [5.41, 5.74) is 3.45. The zero-order valence-corrected chi connectivity index (χ0v) is 23.7. The Balaban J connectivity index is 1.69. The summed E-state index contributed by atoms with van der Waals surface area (Å²) in [4.78, 5) is 42.4. The number of thioether (sulfide) groups is 1. The second kappa shape index (κ2) is 13.7. The van der Waals surface area contributed by atoms with Crippen LogP contribution in [0.3, 0.4) is 0 Å². The Bertz CT molecular complexity index is 1380. The van der Waals surface area contributed by atoms with Gasteiger partial charge in [0, 0.05) is 22.8 Å². The number of nitrogens with one attached hydrogen (secondary N) is 3. The van der Waals surface area contributed by atoms with E-state index in [4.69, 9.17) is 4.74 Å². The molecule has 3 aromatic carbocycles. The molecule has 0 radical (unpaired) electrons. The average molecular weight is 559 g/mol. The lowest BCUT2D eigenvalue weighted by Crippen LogP contribution is -2.48. The van der Waals surface area contributed by atoms with E-state index in [2.05, 4.69) is 22.9 Å². The smallest absolute Gasteiger partial charge is 0.338 e. The molecule has 0 spiro atoms. The molecule has 40 heavy (non-hydrogen) atoms. The molecule has 1 aliphatic rings. The lowest BCUT2D eigenvalue weighted by atomic mass is 9.91. The number of nitrogens with zero attached hydrogens (tertiary/aromatic N) is 1. The van der Waals surface area contributed by atoms with Crippen molar-refractivity contribution in [1.29, 1.82) is 0 Å². The minimum atomic E-state index is -0.775. The van der Waals surface area contributed by atoms with Crippen molar-refractivity contribution in [2.75, 3.05) is 30.0 Å². The Labute approximate surface area is 239 Å². The van der Waals surface area contributed by atoms with Crippen LogP contribution in [0.25, 0.3) is 5.70 Å². The van der Waals surface area contributed by atoms with Gasteiger partial charge in [0.15, 0.2) is 0 Å². The zero-order valence-electron chi connectivity index (χ0n) is 22.9. The Kier molecular flexibility index (Phi) is 9.86. The fourth-order valence-corrected chi connectivity index (χ4v) is 4.94. The van der Waals surface area contributed by atoms with E-state index in [0.29, 0.717) is 34.8 Å². The maximum atomic E-state index is 13.5. The number of unbranched alkanes of at least 4 members (excludes halogenated alkanes) is 1. The fraction of sp³-hybridized carbons (Fsp3) is 0.258. The Morgan fingerprint density at radius 1 is 0.950 bits per heavy atom. The van der Waals surface area contributed by atoms with Crippen molar-refractivity contribution in [2.45, 2.75) is 37.6 Å². The summed E-state index contributed by atoms with van der Waals surface area (Å²) in [5, 5.41) is 8.68. The van der Waals surface area contributed by atoms with Gasteiger partial charge in [-0.2, -0.15) is 0 Å². The van der Waals surface area contributed by atoms with Crippen LogP contribution in [0.2, 0.25) is 0 Å². The first-order valence-electron chi connectivity index (χ1n) is 13.3. The third kappa shape index (κ3) is 6.84. The van der Waals surface area contributed by atoms with E-state index in [1.54, 1.807) is 41.8 Å². The van der Waals surface area contributed by atoms with E-state index in [-0.39, 0.29) is 12.6 Å². The molecule has 1 aliphatic heterocycles. The van der Waals surface area contributed by atoms with Crippen LogP contribution < -0.4 is 16.0 Å². The minimum absolute atomic E-state index is 0.194. The minimum Gasteiger partial charge on any atom is -0.463 e. The molecule has 3 aromatic rings. The molecule has 0 fully saturated rings. The highest BCUT2D eigenvalue weighted by molar-refractivity contribution is 7.98. The molecule has 0 aliphatic carbocycles. The predicted molar refractivity (Wildman–Crippen MR) is 160 cm³/mol. The summed E-state index contributed by atoms with van der Waals surface area (Å²) in [6.45, 7) is 4.46. The van der Waals surface area contributed by atoms with Crippen molar-refractivity contribution in [1.82, 2.24) is 10.2 Å². The monoisotopic (exact) mass is 558 g/mol. The summed E-state index contributed by atoms with van der Waals surface area (Å²) < 4.78 is 5.49. The molecule has 4 amide bonds. The largest absolute Gasteiger partial charge is 0.463 e. The van der Waals surface area contributed by atoms with Crippen LogP contribution in [0.5, 0.6) is 0 Å². The first-order chi connectivity index (χ1) is 19.4.